The Hall–Kier alpha value is -1.77. The molecule has 1 heterocycles. The fraction of sp³-hybridized carbons (Fsp3) is 0.545. The van der Waals surface area contributed by atoms with E-state index in [1.165, 1.54) is 19.2 Å². The monoisotopic (exact) mass is 271 g/mol. The normalized spacial score (nSPS) is 13.9. The molecule has 0 saturated heterocycles. The zero-order valence-electron chi connectivity index (χ0n) is 10.7. The van der Waals surface area contributed by atoms with Crippen LogP contribution in [0.5, 0.6) is 5.88 Å². The second-order valence-electron chi connectivity index (χ2n) is 3.92. The van der Waals surface area contributed by atoms with E-state index >= 15 is 0 Å². The van der Waals surface area contributed by atoms with E-state index in [1.54, 1.807) is 7.05 Å². The molecule has 1 rings (SSSR count). The topological polar surface area (TPSA) is 118 Å². The van der Waals surface area contributed by atoms with Gasteiger partial charge in [-0.2, -0.15) is 0 Å². The van der Waals surface area contributed by atoms with E-state index in [4.69, 9.17) is 4.74 Å². The van der Waals surface area contributed by atoms with Gasteiger partial charge in [0, 0.05) is 12.1 Å². The number of nitrogens with zero attached hydrogens (tertiary/aromatic N) is 2. The Morgan fingerprint density at radius 2 is 2.21 bits per heavy atom. The van der Waals surface area contributed by atoms with Crippen molar-refractivity contribution in [3.8, 4) is 5.88 Å². The molecule has 8 heteroatoms. The van der Waals surface area contributed by atoms with Gasteiger partial charge in [0.1, 0.15) is 6.10 Å². The van der Waals surface area contributed by atoms with Gasteiger partial charge in [-0.25, -0.2) is 4.98 Å². The zero-order chi connectivity index (χ0) is 14.4. The van der Waals surface area contributed by atoms with Crippen molar-refractivity contribution in [1.82, 2.24) is 10.3 Å². The lowest BCUT2D eigenvalue weighted by Crippen LogP contribution is -2.24. The van der Waals surface area contributed by atoms with Crippen molar-refractivity contribution in [3.63, 3.8) is 0 Å². The van der Waals surface area contributed by atoms with Crippen LogP contribution in [-0.4, -0.2) is 46.9 Å². The molecule has 1 aromatic heterocycles. The molecule has 2 unspecified atom stereocenters. The highest BCUT2D eigenvalue weighted by atomic mass is 16.6. The summed E-state index contributed by atoms with van der Waals surface area (Å²) in [5.74, 6) is 0.139. The van der Waals surface area contributed by atoms with Crippen molar-refractivity contribution in [2.24, 2.45) is 0 Å². The SMILES string of the molecule is CNCCC(O)C(O)c1nc(OC)ccc1[N+](=O)[O-]. The predicted octanol–water partition coefficient (Wildman–Crippen LogP) is 0.00220. The number of nitro groups is 1. The molecule has 0 fully saturated rings. The second kappa shape index (κ2) is 6.98. The Morgan fingerprint density at radius 3 is 2.74 bits per heavy atom. The fourth-order valence-electron chi connectivity index (χ4n) is 1.57. The number of rotatable bonds is 7. The molecule has 19 heavy (non-hydrogen) atoms. The number of hydrogen-bond donors (Lipinski definition) is 3. The highest BCUT2D eigenvalue weighted by Gasteiger charge is 2.28. The maximum atomic E-state index is 10.9. The average Bonchev–Trinajstić information content (AvgIpc) is 2.42. The molecule has 0 amide bonds. The summed E-state index contributed by atoms with van der Waals surface area (Å²) in [4.78, 5) is 14.1. The van der Waals surface area contributed by atoms with Crippen LogP contribution in [-0.2, 0) is 0 Å². The molecule has 0 aromatic carbocycles. The number of ether oxygens (including phenoxy) is 1. The van der Waals surface area contributed by atoms with E-state index < -0.39 is 17.1 Å². The second-order valence-corrected chi connectivity index (χ2v) is 3.92. The van der Waals surface area contributed by atoms with Gasteiger partial charge in [-0.3, -0.25) is 10.1 Å². The molecule has 2 atom stereocenters. The van der Waals surface area contributed by atoms with Crippen LogP contribution in [0.15, 0.2) is 12.1 Å². The first-order valence-electron chi connectivity index (χ1n) is 5.71. The summed E-state index contributed by atoms with van der Waals surface area (Å²) in [6.45, 7) is 0.468. The summed E-state index contributed by atoms with van der Waals surface area (Å²) in [5, 5.41) is 33.4. The molecule has 0 aliphatic heterocycles. The van der Waals surface area contributed by atoms with E-state index in [9.17, 15) is 20.3 Å². The average molecular weight is 271 g/mol. The van der Waals surface area contributed by atoms with Gasteiger partial charge in [0.25, 0.3) is 5.69 Å². The standard InChI is InChI=1S/C11H17N3O5/c1-12-6-5-8(15)11(16)10-7(14(17)18)3-4-9(13-10)19-2/h3-4,8,11-12,15-16H,5-6H2,1-2H3. The van der Waals surface area contributed by atoms with Crippen LogP contribution in [0.4, 0.5) is 5.69 Å². The van der Waals surface area contributed by atoms with Crippen LogP contribution in [0.25, 0.3) is 0 Å². The lowest BCUT2D eigenvalue weighted by molar-refractivity contribution is -0.386. The molecule has 0 bridgehead atoms. The van der Waals surface area contributed by atoms with Gasteiger partial charge in [0.15, 0.2) is 5.69 Å². The largest absolute Gasteiger partial charge is 0.481 e. The van der Waals surface area contributed by atoms with Gasteiger partial charge in [0.05, 0.1) is 18.1 Å². The number of hydrogen-bond acceptors (Lipinski definition) is 7. The first-order valence-corrected chi connectivity index (χ1v) is 5.71. The number of nitrogens with one attached hydrogen (secondary N) is 1. The Labute approximate surface area is 110 Å². The van der Waals surface area contributed by atoms with E-state index in [2.05, 4.69) is 10.3 Å². The molecule has 106 valence electrons. The Kier molecular flexibility index (Phi) is 5.61. The summed E-state index contributed by atoms with van der Waals surface area (Å²) >= 11 is 0. The fourth-order valence-corrected chi connectivity index (χ4v) is 1.57. The molecule has 0 aliphatic carbocycles. The minimum Gasteiger partial charge on any atom is -0.481 e. The molecule has 3 N–H and O–H groups in total. The van der Waals surface area contributed by atoms with Gasteiger partial charge in [-0.1, -0.05) is 0 Å². The lowest BCUT2D eigenvalue weighted by Gasteiger charge is -2.17. The van der Waals surface area contributed by atoms with Gasteiger partial charge >= 0.3 is 0 Å². The Bertz CT molecular complexity index is 440. The smallest absolute Gasteiger partial charge is 0.293 e. The zero-order valence-corrected chi connectivity index (χ0v) is 10.7. The maximum Gasteiger partial charge on any atom is 0.293 e. The number of aliphatic hydroxyl groups excluding tert-OH is 2. The molecule has 0 spiro atoms. The van der Waals surface area contributed by atoms with Crippen molar-refractivity contribution in [2.45, 2.75) is 18.6 Å². The van der Waals surface area contributed by atoms with Crippen molar-refractivity contribution in [2.75, 3.05) is 20.7 Å². The van der Waals surface area contributed by atoms with Gasteiger partial charge in [-0.15, -0.1) is 0 Å². The van der Waals surface area contributed by atoms with Gasteiger partial charge in [-0.05, 0) is 20.0 Å². The van der Waals surface area contributed by atoms with Crippen LogP contribution in [0.2, 0.25) is 0 Å². The molecule has 8 nitrogen and oxygen atoms in total. The van der Waals surface area contributed by atoms with Crippen LogP contribution in [0.3, 0.4) is 0 Å². The first kappa shape index (κ1) is 15.3. The minimum atomic E-state index is -1.44. The van der Waals surface area contributed by atoms with Crippen LogP contribution in [0, 0.1) is 10.1 Å². The van der Waals surface area contributed by atoms with Gasteiger partial charge < -0.3 is 20.3 Å². The van der Waals surface area contributed by atoms with Crippen molar-refractivity contribution in [1.29, 1.82) is 0 Å². The van der Waals surface area contributed by atoms with Crippen molar-refractivity contribution >= 4 is 5.69 Å². The summed E-state index contributed by atoms with van der Waals surface area (Å²) in [5.41, 5.74) is -0.551. The van der Waals surface area contributed by atoms with Crippen molar-refractivity contribution in [3.05, 3.63) is 27.9 Å². The Morgan fingerprint density at radius 1 is 1.53 bits per heavy atom. The van der Waals surface area contributed by atoms with E-state index in [-0.39, 0.29) is 23.7 Å². The third kappa shape index (κ3) is 3.85. The number of pyridine rings is 1. The lowest BCUT2D eigenvalue weighted by atomic mass is 10.1. The predicted molar refractivity (Wildman–Crippen MR) is 67.0 cm³/mol. The Balaban J connectivity index is 3.04. The summed E-state index contributed by atoms with van der Waals surface area (Å²) in [6.07, 6.45) is -2.34. The third-order valence-electron chi connectivity index (χ3n) is 2.62. The van der Waals surface area contributed by atoms with E-state index in [0.717, 1.165) is 0 Å². The quantitative estimate of drug-likeness (QED) is 0.472. The van der Waals surface area contributed by atoms with Crippen LogP contribution >= 0.6 is 0 Å². The maximum absolute atomic E-state index is 10.9. The molecular formula is C11H17N3O5. The van der Waals surface area contributed by atoms with Crippen molar-refractivity contribution < 1.29 is 19.9 Å². The number of aromatic nitrogens is 1. The molecular weight excluding hydrogens is 254 g/mol. The molecule has 0 aliphatic rings. The van der Waals surface area contributed by atoms with E-state index in [0.29, 0.717) is 6.54 Å². The van der Waals surface area contributed by atoms with Crippen LogP contribution in [0.1, 0.15) is 18.2 Å². The molecule has 1 aromatic rings. The highest BCUT2D eigenvalue weighted by molar-refractivity contribution is 5.39. The summed E-state index contributed by atoms with van der Waals surface area (Å²) < 4.78 is 4.86. The van der Waals surface area contributed by atoms with Gasteiger partial charge in [0.2, 0.25) is 5.88 Å². The molecule has 0 saturated carbocycles. The van der Waals surface area contributed by atoms with Crippen LogP contribution < -0.4 is 10.1 Å². The summed E-state index contributed by atoms with van der Waals surface area (Å²) in [6, 6.07) is 2.52. The minimum absolute atomic E-state index is 0.139. The third-order valence-corrected chi connectivity index (χ3v) is 2.62. The first-order chi connectivity index (χ1) is 9.01. The molecule has 0 radical (unpaired) electrons. The highest BCUT2D eigenvalue weighted by Crippen LogP contribution is 2.28. The number of aliphatic hydroxyl groups is 2. The van der Waals surface area contributed by atoms with E-state index in [1.807, 2.05) is 0 Å². The number of methoxy groups -OCH3 is 1. The summed E-state index contributed by atoms with van der Waals surface area (Å²) in [7, 11) is 3.06.